The Morgan fingerprint density at radius 2 is 0.875 bits per heavy atom. The van der Waals surface area contributed by atoms with E-state index in [9.17, 15) is 0 Å². The van der Waals surface area contributed by atoms with Crippen LogP contribution in [0.25, 0.3) is 68.7 Å². The van der Waals surface area contributed by atoms with Gasteiger partial charge < -0.3 is 13.3 Å². The van der Waals surface area contributed by atoms with Crippen LogP contribution >= 0.6 is 0 Å². The molecule has 240 valence electrons. The summed E-state index contributed by atoms with van der Waals surface area (Å²) in [5.41, 5.74) is 8.17. The van der Waals surface area contributed by atoms with Crippen molar-refractivity contribution in [2.24, 2.45) is 0 Å². The van der Waals surface area contributed by atoms with Crippen LogP contribution < -0.4 is 0 Å². The minimum Gasteiger partial charge on any atom is -0.416 e. The fourth-order valence-corrected chi connectivity index (χ4v) is 5.45. The zero-order chi connectivity index (χ0) is 33.0. The molecule has 0 aliphatic rings. The lowest BCUT2D eigenvalue weighted by atomic mass is 9.98. The molecule has 1 atom stereocenters. The van der Waals surface area contributed by atoms with Gasteiger partial charge in [-0.05, 0) is 97.8 Å². The summed E-state index contributed by atoms with van der Waals surface area (Å²) in [5, 5.41) is 26.2. The molecule has 9 nitrogen and oxygen atoms in total. The zero-order valence-corrected chi connectivity index (χ0v) is 27.5. The quantitative estimate of drug-likeness (QED) is 0.137. The molecule has 4 aromatic carbocycles. The minimum atomic E-state index is 0.330. The first-order valence-corrected chi connectivity index (χ1v) is 16.4. The molecule has 7 rings (SSSR count). The third kappa shape index (κ3) is 6.57. The van der Waals surface area contributed by atoms with Crippen LogP contribution in [0.15, 0.2) is 104 Å². The second kappa shape index (κ2) is 13.6. The molecule has 0 aliphatic heterocycles. The highest BCUT2D eigenvalue weighted by molar-refractivity contribution is 5.74. The lowest BCUT2D eigenvalue weighted by Crippen LogP contribution is -1.90. The molecule has 0 fully saturated rings. The summed E-state index contributed by atoms with van der Waals surface area (Å²) in [7, 11) is 0. The molecule has 3 heterocycles. The van der Waals surface area contributed by atoms with E-state index in [4.69, 9.17) is 13.3 Å². The van der Waals surface area contributed by atoms with Gasteiger partial charge in [-0.15, -0.1) is 30.6 Å². The Balaban J connectivity index is 1.25. The Hall–Kier alpha value is -5.70. The summed E-state index contributed by atoms with van der Waals surface area (Å²) in [6, 6.07) is 30.1. The predicted molar refractivity (Wildman–Crippen MR) is 185 cm³/mol. The number of benzene rings is 4. The molecule has 0 saturated carbocycles. The van der Waals surface area contributed by atoms with Crippen molar-refractivity contribution in [1.82, 2.24) is 30.6 Å². The lowest BCUT2D eigenvalue weighted by molar-refractivity contribution is 0.580. The van der Waals surface area contributed by atoms with Crippen molar-refractivity contribution in [2.75, 3.05) is 0 Å². The van der Waals surface area contributed by atoms with Crippen molar-refractivity contribution in [3.05, 3.63) is 108 Å². The van der Waals surface area contributed by atoms with Gasteiger partial charge in [0.2, 0.25) is 35.3 Å². The van der Waals surface area contributed by atoms with Crippen LogP contribution in [0.4, 0.5) is 0 Å². The SMILES string of the molecule is CCCCc1ccc(-c2nnc(-c3cc(-c4nnc(-c5ccc(C)cc5)o4)cc(-c4nnc(-c5ccc(C(C)CC)cc5)o4)c3)o2)cc1. The van der Waals surface area contributed by atoms with Crippen LogP contribution in [0, 0.1) is 6.92 Å². The Bertz CT molecular complexity index is 2130. The molecule has 0 amide bonds. The number of rotatable bonds is 11. The van der Waals surface area contributed by atoms with Crippen molar-refractivity contribution in [1.29, 1.82) is 0 Å². The van der Waals surface area contributed by atoms with Gasteiger partial charge in [0.1, 0.15) is 0 Å². The first-order chi connectivity index (χ1) is 23.5. The van der Waals surface area contributed by atoms with E-state index in [1.54, 1.807) is 0 Å². The molecule has 7 aromatic rings. The number of hydrogen-bond acceptors (Lipinski definition) is 9. The molecule has 3 aromatic heterocycles. The van der Waals surface area contributed by atoms with Gasteiger partial charge in [-0.1, -0.05) is 69.2 Å². The van der Waals surface area contributed by atoms with Crippen molar-refractivity contribution >= 4 is 0 Å². The van der Waals surface area contributed by atoms with Crippen LogP contribution in [0.5, 0.6) is 0 Å². The molecule has 1 unspecified atom stereocenters. The van der Waals surface area contributed by atoms with Crippen molar-refractivity contribution in [3.8, 4) is 68.7 Å². The van der Waals surface area contributed by atoms with Gasteiger partial charge >= 0.3 is 0 Å². The van der Waals surface area contributed by atoms with Crippen LogP contribution in [0.3, 0.4) is 0 Å². The summed E-state index contributed by atoms with van der Waals surface area (Å²) >= 11 is 0. The smallest absolute Gasteiger partial charge is 0.248 e. The van der Waals surface area contributed by atoms with Gasteiger partial charge in [0, 0.05) is 33.4 Å². The number of unbranched alkanes of at least 4 members (excludes halogenated alkanes) is 1. The monoisotopic (exact) mass is 636 g/mol. The van der Waals surface area contributed by atoms with E-state index in [1.165, 1.54) is 11.1 Å². The van der Waals surface area contributed by atoms with Crippen molar-refractivity contribution < 1.29 is 13.3 Å². The fourth-order valence-electron chi connectivity index (χ4n) is 5.45. The third-order valence-corrected chi connectivity index (χ3v) is 8.61. The predicted octanol–water partition coefficient (Wildman–Crippen LogP) is 10.0. The first kappa shape index (κ1) is 30.9. The molecule has 48 heavy (non-hydrogen) atoms. The van der Waals surface area contributed by atoms with E-state index < -0.39 is 0 Å². The lowest BCUT2D eigenvalue weighted by Gasteiger charge is -2.08. The molecule has 0 aliphatic carbocycles. The highest BCUT2D eigenvalue weighted by Crippen LogP contribution is 2.35. The number of aryl methyl sites for hydroxylation is 2. The maximum absolute atomic E-state index is 6.21. The highest BCUT2D eigenvalue weighted by Gasteiger charge is 2.20. The average Bonchev–Trinajstić information content (AvgIpc) is 3.93. The first-order valence-electron chi connectivity index (χ1n) is 16.4. The van der Waals surface area contributed by atoms with Crippen LogP contribution in [-0.4, -0.2) is 30.6 Å². The topological polar surface area (TPSA) is 117 Å². The summed E-state index contributed by atoms with van der Waals surface area (Å²) in [4.78, 5) is 0. The van der Waals surface area contributed by atoms with Crippen LogP contribution in [0.2, 0.25) is 0 Å². The third-order valence-electron chi connectivity index (χ3n) is 8.61. The number of aromatic nitrogens is 6. The van der Waals surface area contributed by atoms with E-state index >= 15 is 0 Å². The highest BCUT2D eigenvalue weighted by atomic mass is 16.4. The molecule has 0 radical (unpaired) electrons. The van der Waals surface area contributed by atoms with Gasteiger partial charge in [-0.25, -0.2) is 0 Å². The zero-order valence-electron chi connectivity index (χ0n) is 27.5. The molecule has 0 bridgehead atoms. The summed E-state index contributed by atoms with van der Waals surface area (Å²) < 4.78 is 18.6. The Morgan fingerprint density at radius 1 is 0.500 bits per heavy atom. The molecule has 0 spiro atoms. The van der Waals surface area contributed by atoms with Gasteiger partial charge in [-0.2, -0.15) is 0 Å². The van der Waals surface area contributed by atoms with Gasteiger partial charge in [0.05, 0.1) is 0 Å². The van der Waals surface area contributed by atoms with Gasteiger partial charge in [0.25, 0.3) is 0 Å². The Morgan fingerprint density at radius 3 is 1.27 bits per heavy atom. The van der Waals surface area contributed by atoms with Crippen LogP contribution in [-0.2, 0) is 6.42 Å². The maximum Gasteiger partial charge on any atom is 0.248 e. The van der Waals surface area contributed by atoms with E-state index in [1.807, 2.05) is 73.7 Å². The van der Waals surface area contributed by atoms with E-state index in [2.05, 4.69) is 75.6 Å². The molecule has 9 heteroatoms. The Kier molecular flexibility index (Phi) is 8.74. The van der Waals surface area contributed by atoms with E-state index in [0.717, 1.165) is 47.9 Å². The standard InChI is InChI=1S/C39H36N6O3/c1-5-7-8-26-11-15-29(16-12-26)35-41-44-38(47-35)32-21-31(37-43-40-34(46-37)28-13-9-24(3)10-14-28)22-33(23-32)39-45-42-36(48-39)30-19-17-27(18-20-30)25(4)6-2/h9-23,25H,5-8H2,1-4H3. The largest absolute Gasteiger partial charge is 0.416 e. The van der Waals surface area contributed by atoms with Gasteiger partial charge in [0.15, 0.2) is 0 Å². The molecular weight excluding hydrogens is 600 g/mol. The molecule has 0 N–H and O–H groups in total. The molecular formula is C39H36N6O3. The van der Waals surface area contributed by atoms with Gasteiger partial charge in [-0.3, -0.25) is 0 Å². The summed E-state index contributed by atoms with van der Waals surface area (Å²) in [5.74, 6) is 2.75. The summed E-state index contributed by atoms with van der Waals surface area (Å²) in [6.45, 7) is 8.63. The average molecular weight is 637 g/mol. The normalized spacial score (nSPS) is 12.0. The minimum absolute atomic E-state index is 0.330. The maximum atomic E-state index is 6.21. The van der Waals surface area contributed by atoms with E-state index in [-0.39, 0.29) is 0 Å². The summed E-state index contributed by atoms with van der Waals surface area (Å²) in [6.07, 6.45) is 4.43. The van der Waals surface area contributed by atoms with E-state index in [0.29, 0.717) is 58.0 Å². The Labute approximate surface area is 279 Å². The molecule has 0 saturated heterocycles. The number of hydrogen-bond donors (Lipinski definition) is 0. The van der Waals surface area contributed by atoms with Crippen molar-refractivity contribution in [3.63, 3.8) is 0 Å². The fraction of sp³-hybridized carbons (Fsp3) is 0.231. The second-order valence-corrected chi connectivity index (χ2v) is 12.1. The second-order valence-electron chi connectivity index (χ2n) is 12.1. The van der Waals surface area contributed by atoms with Crippen molar-refractivity contribution in [2.45, 2.75) is 59.3 Å². The number of nitrogens with zero attached hydrogens (tertiary/aromatic N) is 6. The van der Waals surface area contributed by atoms with Crippen LogP contribution in [0.1, 0.15) is 62.6 Å².